The van der Waals surface area contributed by atoms with Gasteiger partial charge in [0, 0.05) is 49.1 Å². The lowest BCUT2D eigenvalue weighted by Gasteiger charge is -2.24. The molecule has 1 N–H and O–H groups in total. The molecule has 0 spiro atoms. The Balaban J connectivity index is 1.30. The quantitative estimate of drug-likeness (QED) is 0.603. The summed E-state index contributed by atoms with van der Waals surface area (Å²) in [6.45, 7) is 3.54. The van der Waals surface area contributed by atoms with Gasteiger partial charge in [-0.3, -0.25) is 9.59 Å². The third kappa shape index (κ3) is 4.53. The Kier molecular flexibility index (Phi) is 5.95. The summed E-state index contributed by atoms with van der Waals surface area (Å²) >= 11 is 1.43. The summed E-state index contributed by atoms with van der Waals surface area (Å²) in [5.41, 5.74) is 2.89. The monoisotopic (exact) mass is 489 g/mol. The first kappa shape index (κ1) is 22.2. The highest BCUT2D eigenvalue weighted by Gasteiger charge is 2.30. The van der Waals surface area contributed by atoms with E-state index in [4.69, 9.17) is 14.7 Å². The fraction of sp³-hybridized carbons (Fsp3) is 0.385. The molecule has 9 heteroatoms. The van der Waals surface area contributed by atoms with E-state index in [1.807, 2.05) is 36.4 Å². The number of nitrogens with zero attached hydrogens (tertiary/aromatic N) is 4. The molecule has 2 fully saturated rings. The predicted octanol–water partition coefficient (Wildman–Crippen LogP) is 3.53. The maximum absolute atomic E-state index is 13.7. The van der Waals surface area contributed by atoms with Gasteiger partial charge in [-0.25, -0.2) is 9.97 Å². The Morgan fingerprint density at radius 2 is 1.89 bits per heavy atom. The zero-order valence-electron chi connectivity index (χ0n) is 19.4. The fourth-order valence-corrected chi connectivity index (χ4v) is 5.56. The molecule has 1 saturated heterocycles. The number of anilines is 2. The van der Waals surface area contributed by atoms with Crippen LogP contribution in [0.2, 0.25) is 0 Å². The van der Waals surface area contributed by atoms with E-state index in [0.717, 1.165) is 66.6 Å². The molecule has 8 nitrogen and oxygen atoms in total. The molecule has 1 aromatic carbocycles. The number of hydrogen-bond acceptors (Lipinski definition) is 7. The lowest BCUT2D eigenvalue weighted by Crippen LogP contribution is -2.34. The number of ether oxygens (including phenoxy) is 1. The summed E-state index contributed by atoms with van der Waals surface area (Å²) in [7, 11) is 0. The molecule has 35 heavy (non-hydrogen) atoms. The molecule has 2 aromatic heterocycles. The van der Waals surface area contributed by atoms with E-state index in [-0.39, 0.29) is 17.9 Å². The van der Waals surface area contributed by atoms with E-state index in [0.29, 0.717) is 30.3 Å². The molecule has 3 aliphatic rings. The number of aromatic nitrogens is 2. The second-order valence-corrected chi connectivity index (χ2v) is 10.2. The molecular formula is C26H27N5O3S. The highest BCUT2D eigenvalue weighted by atomic mass is 32.1. The van der Waals surface area contributed by atoms with E-state index in [1.165, 1.54) is 11.3 Å². The van der Waals surface area contributed by atoms with Crippen LogP contribution in [0.15, 0.2) is 42.5 Å². The topological polar surface area (TPSA) is 87.7 Å². The van der Waals surface area contributed by atoms with Gasteiger partial charge in [0.15, 0.2) is 5.01 Å². The normalized spacial score (nSPS) is 17.7. The molecule has 2 amide bonds. The van der Waals surface area contributed by atoms with Gasteiger partial charge in [0.2, 0.25) is 0 Å². The van der Waals surface area contributed by atoms with Crippen LogP contribution in [0.25, 0.3) is 11.3 Å². The smallest absolute Gasteiger partial charge is 0.280 e. The molecule has 3 aromatic rings. The van der Waals surface area contributed by atoms with Crippen molar-refractivity contribution in [1.29, 1.82) is 0 Å². The van der Waals surface area contributed by atoms with Gasteiger partial charge in [0.05, 0.1) is 18.0 Å². The number of pyridine rings is 1. The van der Waals surface area contributed by atoms with Crippen molar-refractivity contribution in [3.8, 4) is 11.3 Å². The van der Waals surface area contributed by atoms with Crippen LogP contribution in [0.1, 0.15) is 44.4 Å². The van der Waals surface area contributed by atoms with E-state index in [2.05, 4.69) is 10.2 Å². The number of hydrogen-bond donors (Lipinski definition) is 1. The van der Waals surface area contributed by atoms with Gasteiger partial charge < -0.3 is 19.9 Å². The van der Waals surface area contributed by atoms with Crippen molar-refractivity contribution < 1.29 is 14.3 Å². The van der Waals surface area contributed by atoms with Crippen LogP contribution in [0.5, 0.6) is 0 Å². The Morgan fingerprint density at radius 1 is 1.00 bits per heavy atom. The molecular weight excluding hydrogens is 462 g/mol. The Bertz CT molecular complexity index is 1260. The largest absolute Gasteiger partial charge is 0.380 e. The summed E-state index contributed by atoms with van der Waals surface area (Å²) in [6.07, 6.45) is 3.65. The highest BCUT2D eigenvalue weighted by molar-refractivity contribution is 7.14. The average molecular weight is 490 g/mol. The van der Waals surface area contributed by atoms with Gasteiger partial charge in [0.1, 0.15) is 11.5 Å². The minimum atomic E-state index is -0.132. The molecule has 0 atom stereocenters. The maximum atomic E-state index is 13.7. The number of benzene rings is 1. The van der Waals surface area contributed by atoms with Gasteiger partial charge in [-0.2, -0.15) is 0 Å². The second kappa shape index (κ2) is 9.39. The first-order chi connectivity index (χ1) is 17.2. The van der Waals surface area contributed by atoms with E-state index >= 15 is 0 Å². The lowest BCUT2D eigenvalue weighted by molar-refractivity contribution is 0.0948. The predicted molar refractivity (Wildman–Crippen MR) is 135 cm³/mol. The molecule has 180 valence electrons. The fourth-order valence-electron chi connectivity index (χ4n) is 4.59. The number of para-hydroxylation sites is 1. The van der Waals surface area contributed by atoms with Crippen molar-refractivity contribution in [2.75, 3.05) is 42.6 Å². The van der Waals surface area contributed by atoms with Crippen LogP contribution >= 0.6 is 11.3 Å². The summed E-state index contributed by atoms with van der Waals surface area (Å²) in [5.74, 6) is 0.569. The SMILES string of the molecule is O=C(NC1CC1)c1nc2c(s1)CCN(C(=O)c1cccc(N3CCCOCC3)n1)c1ccccc1-2. The first-order valence-corrected chi connectivity index (χ1v) is 13.0. The number of carbonyl (C=O) groups is 2. The molecule has 0 radical (unpaired) electrons. The van der Waals surface area contributed by atoms with Gasteiger partial charge in [-0.05, 0) is 37.5 Å². The van der Waals surface area contributed by atoms with E-state index in [9.17, 15) is 9.59 Å². The van der Waals surface area contributed by atoms with Crippen molar-refractivity contribution in [2.45, 2.75) is 31.7 Å². The minimum Gasteiger partial charge on any atom is -0.380 e. The summed E-state index contributed by atoms with van der Waals surface area (Å²) in [5, 5.41) is 3.52. The van der Waals surface area contributed by atoms with Crippen molar-refractivity contribution in [1.82, 2.24) is 15.3 Å². The zero-order chi connectivity index (χ0) is 23.8. The maximum Gasteiger partial charge on any atom is 0.280 e. The number of carbonyl (C=O) groups excluding carboxylic acids is 2. The van der Waals surface area contributed by atoms with Crippen LogP contribution < -0.4 is 15.1 Å². The van der Waals surface area contributed by atoms with Crippen LogP contribution in [0, 0.1) is 0 Å². The van der Waals surface area contributed by atoms with Crippen molar-refractivity contribution in [3.63, 3.8) is 0 Å². The van der Waals surface area contributed by atoms with Gasteiger partial charge in [-0.1, -0.05) is 24.3 Å². The number of thiazole rings is 1. The standard InChI is InChI=1S/C26H27N5O3S/c32-24(27-17-9-10-17)25-29-23-18-5-1-2-7-20(18)31(13-11-21(23)35-25)26(33)19-6-3-8-22(28-19)30-12-4-15-34-16-14-30/h1-3,5-8,17H,4,9-16H2,(H,27,32). The molecule has 1 saturated carbocycles. The number of nitrogens with one attached hydrogen (secondary N) is 1. The van der Waals surface area contributed by atoms with Crippen molar-refractivity contribution in [2.24, 2.45) is 0 Å². The van der Waals surface area contributed by atoms with Crippen LogP contribution in [0.3, 0.4) is 0 Å². The Labute approximate surface area is 207 Å². The van der Waals surface area contributed by atoms with E-state index in [1.54, 1.807) is 11.0 Å². The van der Waals surface area contributed by atoms with Crippen molar-refractivity contribution >= 4 is 34.7 Å². The molecule has 1 aliphatic carbocycles. The first-order valence-electron chi connectivity index (χ1n) is 12.2. The van der Waals surface area contributed by atoms with Crippen molar-refractivity contribution in [3.05, 3.63) is 58.0 Å². The third-order valence-corrected chi connectivity index (χ3v) is 7.68. The molecule has 2 aliphatic heterocycles. The molecule has 6 rings (SSSR count). The van der Waals surface area contributed by atoms with Gasteiger partial charge >= 0.3 is 0 Å². The third-order valence-electron chi connectivity index (χ3n) is 6.56. The Hall–Kier alpha value is -3.30. The lowest BCUT2D eigenvalue weighted by atomic mass is 10.1. The summed E-state index contributed by atoms with van der Waals surface area (Å²) in [6, 6.07) is 13.7. The van der Waals surface area contributed by atoms with Crippen LogP contribution in [-0.2, 0) is 11.2 Å². The molecule has 4 heterocycles. The zero-order valence-corrected chi connectivity index (χ0v) is 20.2. The van der Waals surface area contributed by atoms with Gasteiger partial charge in [0.25, 0.3) is 11.8 Å². The van der Waals surface area contributed by atoms with Crippen LogP contribution in [0.4, 0.5) is 11.5 Å². The average Bonchev–Trinajstić information content (AvgIpc) is 3.68. The number of amides is 2. The minimum absolute atomic E-state index is 0.101. The molecule has 0 bridgehead atoms. The summed E-state index contributed by atoms with van der Waals surface area (Å²) < 4.78 is 5.57. The van der Waals surface area contributed by atoms with Gasteiger partial charge in [-0.15, -0.1) is 11.3 Å². The molecule has 0 unspecified atom stereocenters. The highest BCUT2D eigenvalue weighted by Crippen LogP contribution is 2.39. The Morgan fingerprint density at radius 3 is 2.77 bits per heavy atom. The number of fused-ring (bicyclic) bond motifs is 3. The van der Waals surface area contributed by atoms with Crippen LogP contribution in [-0.4, -0.2) is 60.7 Å². The van der Waals surface area contributed by atoms with E-state index < -0.39 is 0 Å². The number of rotatable bonds is 4. The second-order valence-electron chi connectivity index (χ2n) is 9.10. The summed E-state index contributed by atoms with van der Waals surface area (Å²) in [4.78, 5) is 40.8.